The molecule has 3 aromatic carbocycles. The van der Waals surface area contributed by atoms with Crippen LogP contribution >= 0.6 is 11.8 Å². The summed E-state index contributed by atoms with van der Waals surface area (Å²) in [5.74, 6) is 0.659. The molecule has 1 saturated heterocycles. The van der Waals surface area contributed by atoms with Gasteiger partial charge in [-0.3, -0.25) is 9.69 Å². The van der Waals surface area contributed by atoms with Crippen LogP contribution in [0.3, 0.4) is 0 Å². The number of hydrogen-bond donors (Lipinski definition) is 2. The van der Waals surface area contributed by atoms with Crippen LogP contribution in [0.25, 0.3) is 0 Å². The average molecular weight is 498 g/mol. The minimum absolute atomic E-state index is 0.128. The van der Waals surface area contributed by atoms with Gasteiger partial charge in [-0.15, -0.1) is 0 Å². The number of carbonyl (C=O) groups is 1. The Kier molecular flexibility index (Phi) is 8.27. The molecule has 8 heteroatoms. The minimum atomic E-state index is -0.128. The summed E-state index contributed by atoms with van der Waals surface area (Å²) in [5, 5.41) is 16.5. The van der Waals surface area contributed by atoms with Crippen molar-refractivity contribution >= 4 is 34.2 Å². The van der Waals surface area contributed by atoms with Crippen molar-refractivity contribution < 1.29 is 9.53 Å². The smallest absolute Gasteiger partial charge is 0.268 e. The van der Waals surface area contributed by atoms with Crippen molar-refractivity contribution in [2.45, 2.75) is 20.0 Å². The maximum absolute atomic E-state index is 13.4. The Labute approximate surface area is 215 Å². The van der Waals surface area contributed by atoms with Gasteiger partial charge < -0.3 is 15.4 Å². The van der Waals surface area contributed by atoms with E-state index < -0.39 is 0 Å². The van der Waals surface area contributed by atoms with E-state index in [0.29, 0.717) is 41.0 Å². The quantitative estimate of drug-likeness (QED) is 0.385. The molecule has 0 aromatic heterocycles. The number of para-hydroxylation sites is 1. The van der Waals surface area contributed by atoms with Crippen molar-refractivity contribution in [3.63, 3.8) is 0 Å². The number of nitrogens with one attached hydrogen (secondary N) is 2. The molecule has 1 heterocycles. The van der Waals surface area contributed by atoms with Gasteiger partial charge in [0.25, 0.3) is 5.91 Å². The highest BCUT2D eigenvalue weighted by molar-refractivity contribution is 8.18. The maximum Gasteiger partial charge on any atom is 0.268 e. The molecule has 1 aliphatic heterocycles. The number of nitriles is 1. The van der Waals surface area contributed by atoms with Crippen LogP contribution in [-0.4, -0.2) is 29.6 Å². The molecule has 0 radical (unpaired) electrons. The second-order valence-electron chi connectivity index (χ2n) is 7.95. The minimum Gasteiger partial charge on any atom is -0.496 e. The number of amidine groups is 1. The number of hydrogen-bond acceptors (Lipinski definition) is 7. The molecule has 2 N–H and O–H groups in total. The predicted octanol–water partition coefficient (Wildman–Crippen LogP) is 5.39. The van der Waals surface area contributed by atoms with E-state index in [-0.39, 0.29) is 5.91 Å². The van der Waals surface area contributed by atoms with Crippen LogP contribution in [0.5, 0.6) is 5.75 Å². The van der Waals surface area contributed by atoms with Gasteiger partial charge >= 0.3 is 0 Å². The Bertz CT molecular complexity index is 1330. The third-order valence-corrected chi connectivity index (χ3v) is 6.51. The van der Waals surface area contributed by atoms with Crippen molar-refractivity contribution in [1.82, 2.24) is 10.2 Å². The Hall–Kier alpha value is -4.22. The first kappa shape index (κ1) is 24.9. The van der Waals surface area contributed by atoms with E-state index in [2.05, 4.69) is 16.7 Å². The molecule has 0 bridgehead atoms. The summed E-state index contributed by atoms with van der Waals surface area (Å²) in [6.07, 6.45) is 1.73. The van der Waals surface area contributed by atoms with Gasteiger partial charge in [0.05, 0.1) is 41.6 Å². The molecule has 182 valence electrons. The number of methoxy groups -OCH3 is 1. The monoisotopic (exact) mass is 497 g/mol. The second-order valence-corrected chi connectivity index (χ2v) is 8.96. The molecule has 1 amide bonds. The maximum atomic E-state index is 13.4. The first-order valence-electron chi connectivity index (χ1n) is 11.6. The van der Waals surface area contributed by atoms with E-state index in [0.717, 1.165) is 22.6 Å². The fraction of sp³-hybridized carbons (Fsp3) is 0.179. The van der Waals surface area contributed by atoms with Crippen molar-refractivity contribution in [2.24, 2.45) is 4.99 Å². The van der Waals surface area contributed by atoms with Gasteiger partial charge in [-0.2, -0.15) is 5.26 Å². The fourth-order valence-corrected chi connectivity index (χ4v) is 4.67. The summed E-state index contributed by atoms with van der Waals surface area (Å²) in [4.78, 5) is 20.5. The van der Waals surface area contributed by atoms with Crippen LogP contribution in [0.4, 0.5) is 11.4 Å². The number of amides is 1. The molecule has 3 aromatic rings. The van der Waals surface area contributed by atoms with Crippen LogP contribution in [0.2, 0.25) is 0 Å². The van der Waals surface area contributed by atoms with Gasteiger partial charge in [-0.25, -0.2) is 4.99 Å². The van der Waals surface area contributed by atoms with E-state index >= 15 is 0 Å². The third kappa shape index (κ3) is 5.88. The standard InChI is InChI=1S/C28H27N5O2S/c1-3-31-23-14-13-21(16-29)15-24(23)32-28-33(19-20-9-5-4-6-10-20)27(34)26(36-28)18-30-17-22-11-7-8-12-25(22)35-2/h4-15,18,30-31H,3,17,19H2,1-2H3/b26-18-,32-28+. The highest BCUT2D eigenvalue weighted by Crippen LogP contribution is 2.36. The molecule has 1 aliphatic rings. The molecule has 4 rings (SSSR count). The third-order valence-electron chi connectivity index (χ3n) is 5.50. The van der Waals surface area contributed by atoms with Crippen LogP contribution in [0, 0.1) is 11.3 Å². The van der Waals surface area contributed by atoms with Gasteiger partial charge in [0.1, 0.15) is 5.75 Å². The highest BCUT2D eigenvalue weighted by Gasteiger charge is 2.33. The van der Waals surface area contributed by atoms with Crippen molar-refractivity contribution in [2.75, 3.05) is 19.0 Å². The van der Waals surface area contributed by atoms with E-state index in [4.69, 9.17) is 9.73 Å². The summed E-state index contributed by atoms with van der Waals surface area (Å²) in [6, 6.07) is 25.1. The van der Waals surface area contributed by atoms with Gasteiger partial charge in [0, 0.05) is 24.9 Å². The molecule has 7 nitrogen and oxygen atoms in total. The summed E-state index contributed by atoms with van der Waals surface area (Å²) < 4.78 is 5.42. The highest BCUT2D eigenvalue weighted by atomic mass is 32.2. The zero-order valence-corrected chi connectivity index (χ0v) is 21.0. The first-order valence-corrected chi connectivity index (χ1v) is 12.4. The second kappa shape index (κ2) is 12.0. The Balaban J connectivity index is 1.64. The average Bonchev–Trinajstić information content (AvgIpc) is 3.19. The normalized spacial score (nSPS) is 15.2. The lowest BCUT2D eigenvalue weighted by atomic mass is 10.2. The van der Waals surface area contributed by atoms with Crippen molar-refractivity contribution in [3.05, 3.63) is 101 Å². The van der Waals surface area contributed by atoms with Crippen molar-refractivity contribution in [1.29, 1.82) is 5.26 Å². The number of anilines is 1. The predicted molar refractivity (Wildman–Crippen MR) is 145 cm³/mol. The molecule has 0 atom stereocenters. The molecule has 1 fully saturated rings. The van der Waals surface area contributed by atoms with E-state index in [1.54, 1.807) is 30.3 Å². The summed E-state index contributed by atoms with van der Waals surface area (Å²) >= 11 is 1.31. The summed E-state index contributed by atoms with van der Waals surface area (Å²) in [6.45, 7) is 3.62. The van der Waals surface area contributed by atoms with E-state index in [9.17, 15) is 10.1 Å². The van der Waals surface area contributed by atoms with Gasteiger partial charge in [-0.05, 0) is 48.5 Å². The molecular weight excluding hydrogens is 470 g/mol. The SMILES string of the molecule is CCNc1ccc(C#N)cc1/N=C1/S/C(=C\NCc2ccccc2OC)C(=O)N1Cc1ccccc1. The van der Waals surface area contributed by atoms with Crippen LogP contribution in [-0.2, 0) is 17.9 Å². The molecule has 0 unspecified atom stereocenters. The zero-order valence-electron chi connectivity index (χ0n) is 20.2. The number of thioether (sulfide) groups is 1. The van der Waals surface area contributed by atoms with Crippen LogP contribution < -0.4 is 15.4 Å². The molecule has 0 saturated carbocycles. The lowest BCUT2D eigenvalue weighted by Crippen LogP contribution is -2.28. The fourth-order valence-electron chi connectivity index (χ4n) is 3.74. The zero-order chi connectivity index (χ0) is 25.3. The summed E-state index contributed by atoms with van der Waals surface area (Å²) in [5.41, 5.74) is 3.93. The van der Waals surface area contributed by atoms with Crippen LogP contribution in [0.1, 0.15) is 23.6 Å². The number of nitrogens with zero attached hydrogens (tertiary/aromatic N) is 3. The molecule has 0 aliphatic carbocycles. The number of benzene rings is 3. The Morgan fingerprint density at radius 2 is 1.89 bits per heavy atom. The lowest BCUT2D eigenvalue weighted by Gasteiger charge is -2.16. The largest absolute Gasteiger partial charge is 0.496 e. The van der Waals surface area contributed by atoms with Gasteiger partial charge in [0.15, 0.2) is 5.17 Å². The lowest BCUT2D eigenvalue weighted by molar-refractivity contribution is -0.122. The van der Waals surface area contributed by atoms with Gasteiger partial charge in [0.2, 0.25) is 0 Å². The van der Waals surface area contributed by atoms with E-state index in [1.807, 2.05) is 67.6 Å². The van der Waals surface area contributed by atoms with E-state index in [1.165, 1.54) is 11.8 Å². The Morgan fingerprint density at radius 1 is 1.11 bits per heavy atom. The first-order chi connectivity index (χ1) is 17.6. The number of ether oxygens (including phenoxy) is 1. The summed E-state index contributed by atoms with van der Waals surface area (Å²) in [7, 11) is 1.64. The number of rotatable bonds is 9. The molecule has 36 heavy (non-hydrogen) atoms. The van der Waals surface area contributed by atoms with Gasteiger partial charge in [-0.1, -0.05) is 48.5 Å². The van der Waals surface area contributed by atoms with Crippen molar-refractivity contribution in [3.8, 4) is 11.8 Å². The Morgan fingerprint density at radius 3 is 2.64 bits per heavy atom. The number of aliphatic imine (C=N–C) groups is 1. The molecular formula is C28H27N5O2S. The number of carbonyl (C=O) groups excluding carboxylic acids is 1. The molecule has 0 spiro atoms. The van der Waals surface area contributed by atoms with Crippen LogP contribution in [0.15, 0.2) is 88.9 Å². The topological polar surface area (TPSA) is 89.7 Å².